The van der Waals surface area contributed by atoms with E-state index in [9.17, 15) is 9.59 Å². The average molecular weight is 529 g/mol. The zero-order valence-electron chi connectivity index (χ0n) is 19.3. The topological polar surface area (TPSA) is 113 Å². The molecular weight excluding hydrogens is 489 g/mol. The van der Waals surface area contributed by atoms with Gasteiger partial charge < -0.3 is 30.7 Å². The van der Waals surface area contributed by atoms with Crippen molar-refractivity contribution in [3.8, 4) is 0 Å². The number of rotatable bonds is 7. The van der Waals surface area contributed by atoms with Crippen molar-refractivity contribution in [3.05, 3.63) is 0 Å². The minimum Gasteiger partial charge on any atom is -0.444 e. The van der Waals surface area contributed by atoms with Gasteiger partial charge in [0.05, 0.1) is 5.54 Å². The molecule has 172 valence electrons. The number of ether oxygens (including phenoxy) is 2. The maximum Gasteiger partial charge on any atom is 0.408 e. The number of alkyl carbamates (subject to hydrolysis) is 2. The fourth-order valence-corrected chi connectivity index (χ4v) is 1.95. The smallest absolute Gasteiger partial charge is 0.408 e. The van der Waals surface area contributed by atoms with Gasteiger partial charge in [-0.2, -0.15) is 0 Å². The molecule has 0 aromatic carbocycles. The largest absolute Gasteiger partial charge is 0.444 e. The lowest BCUT2D eigenvalue weighted by molar-refractivity contribution is 0.0471. The van der Waals surface area contributed by atoms with Crippen LogP contribution < -0.4 is 21.3 Å². The molecule has 0 saturated carbocycles. The maximum absolute atomic E-state index is 11.9. The second-order valence-corrected chi connectivity index (χ2v) is 9.15. The van der Waals surface area contributed by atoms with Crippen LogP contribution in [0, 0.1) is 0 Å². The van der Waals surface area contributed by atoms with Gasteiger partial charge in [0.25, 0.3) is 0 Å². The predicted molar refractivity (Wildman–Crippen MR) is 127 cm³/mol. The summed E-state index contributed by atoms with van der Waals surface area (Å²) in [6, 6.07) is 0. The molecular formula is C19H40IN5O4. The highest BCUT2D eigenvalue weighted by molar-refractivity contribution is 14.0. The Balaban J connectivity index is 0. The lowest BCUT2D eigenvalue weighted by atomic mass is 10.1. The molecule has 0 radical (unpaired) electrons. The van der Waals surface area contributed by atoms with E-state index in [0.717, 1.165) is 0 Å². The normalized spacial score (nSPS) is 12.4. The number of aliphatic imine (C=N–C) groups is 1. The number of carbonyl (C=O) groups excluding carboxylic acids is 2. The van der Waals surface area contributed by atoms with Gasteiger partial charge in [0.1, 0.15) is 11.2 Å². The molecule has 2 amide bonds. The first-order valence-electron chi connectivity index (χ1n) is 9.56. The lowest BCUT2D eigenvalue weighted by Gasteiger charge is -2.29. The number of nitrogens with one attached hydrogen (secondary N) is 4. The van der Waals surface area contributed by atoms with Crippen molar-refractivity contribution in [3.63, 3.8) is 0 Å². The van der Waals surface area contributed by atoms with E-state index in [2.05, 4.69) is 26.3 Å². The first-order valence-corrected chi connectivity index (χ1v) is 9.56. The second-order valence-electron chi connectivity index (χ2n) is 9.15. The van der Waals surface area contributed by atoms with Crippen molar-refractivity contribution < 1.29 is 19.1 Å². The first kappa shape index (κ1) is 29.7. The van der Waals surface area contributed by atoms with E-state index >= 15 is 0 Å². The van der Waals surface area contributed by atoms with Crippen LogP contribution in [-0.2, 0) is 9.47 Å². The minimum absolute atomic E-state index is 0. The molecule has 0 saturated heterocycles. The summed E-state index contributed by atoms with van der Waals surface area (Å²) in [5, 5.41) is 11.9. The van der Waals surface area contributed by atoms with Crippen LogP contribution in [0.4, 0.5) is 9.59 Å². The molecule has 10 heteroatoms. The van der Waals surface area contributed by atoms with Crippen LogP contribution >= 0.6 is 24.0 Å². The Labute approximate surface area is 192 Å². The fourth-order valence-electron chi connectivity index (χ4n) is 1.95. The first-order chi connectivity index (χ1) is 12.6. The van der Waals surface area contributed by atoms with Crippen LogP contribution in [0.3, 0.4) is 0 Å². The van der Waals surface area contributed by atoms with E-state index in [-0.39, 0.29) is 24.0 Å². The third-order valence-corrected chi connectivity index (χ3v) is 3.07. The Kier molecular flexibility index (Phi) is 13.3. The van der Waals surface area contributed by atoms with E-state index < -0.39 is 28.9 Å². The van der Waals surface area contributed by atoms with E-state index in [1.807, 2.05) is 55.4 Å². The molecule has 0 rings (SSSR count). The van der Waals surface area contributed by atoms with Crippen LogP contribution in [0.1, 0.15) is 61.8 Å². The van der Waals surface area contributed by atoms with Gasteiger partial charge in [0.15, 0.2) is 5.96 Å². The standard InChI is InChI=1S/C19H39N5O4.HI/c1-17(2,3)27-15(25)22-12-10-11-21-14(20-9)23-13-19(7,8)24-16(26)28-18(4,5)6;/h10-13H2,1-9H3,(H,22,25)(H,24,26)(H2,20,21,23);1H. The SMILES string of the molecule is CN=C(NCCCNC(=O)OC(C)(C)C)NCC(C)(C)NC(=O)OC(C)(C)C.I. The Morgan fingerprint density at radius 2 is 1.28 bits per heavy atom. The summed E-state index contributed by atoms with van der Waals surface area (Å²) in [6.07, 6.45) is -0.181. The van der Waals surface area contributed by atoms with Gasteiger partial charge in [-0.25, -0.2) is 9.59 Å². The summed E-state index contributed by atoms with van der Waals surface area (Å²) >= 11 is 0. The molecule has 29 heavy (non-hydrogen) atoms. The molecule has 0 spiro atoms. The third-order valence-electron chi connectivity index (χ3n) is 3.07. The zero-order chi connectivity index (χ0) is 22.0. The minimum atomic E-state index is -0.543. The Morgan fingerprint density at radius 3 is 1.76 bits per heavy atom. The monoisotopic (exact) mass is 529 g/mol. The van der Waals surface area contributed by atoms with Crippen molar-refractivity contribution >= 4 is 42.1 Å². The molecule has 0 heterocycles. The predicted octanol–water partition coefficient (Wildman–Crippen LogP) is 2.99. The molecule has 0 aliphatic carbocycles. The third kappa shape index (κ3) is 18.3. The summed E-state index contributed by atoms with van der Waals surface area (Å²) in [7, 11) is 1.67. The molecule has 0 aromatic heterocycles. The van der Waals surface area contributed by atoms with Crippen molar-refractivity contribution in [2.45, 2.75) is 78.6 Å². The highest BCUT2D eigenvalue weighted by atomic mass is 127. The number of halogens is 1. The van der Waals surface area contributed by atoms with Crippen LogP contribution in [0.25, 0.3) is 0 Å². The number of hydrogen-bond acceptors (Lipinski definition) is 5. The Hall–Kier alpha value is -1.46. The molecule has 0 aliphatic heterocycles. The number of guanidine groups is 1. The van der Waals surface area contributed by atoms with Gasteiger partial charge in [0.2, 0.25) is 0 Å². The number of carbonyl (C=O) groups is 2. The Morgan fingerprint density at radius 1 is 0.793 bits per heavy atom. The summed E-state index contributed by atoms with van der Waals surface area (Å²) < 4.78 is 10.5. The maximum atomic E-state index is 11.9. The van der Waals surface area contributed by atoms with Gasteiger partial charge in [-0.15, -0.1) is 24.0 Å². The second kappa shape index (κ2) is 13.0. The van der Waals surface area contributed by atoms with Gasteiger partial charge in [-0.1, -0.05) is 0 Å². The van der Waals surface area contributed by atoms with Crippen molar-refractivity contribution in [1.29, 1.82) is 0 Å². The lowest BCUT2D eigenvalue weighted by Crippen LogP contribution is -2.54. The molecule has 0 unspecified atom stereocenters. The van der Waals surface area contributed by atoms with E-state index in [1.54, 1.807) is 7.05 Å². The summed E-state index contributed by atoms with van der Waals surface area (Å²) in [4.78, 5) is 27.6. The van der Waals surface area contributed by atoms with Gasteiger partial charge >= 0.3 is 12.2 Å². The molecule has 0 aromatic rings. The van der Waals surface area contributed by atoms with Crippen LogP contribution in [0.2, 0.25) is 0 Å². The summed E-state index contributed by atoms with van der Waals surface area (Å²) in [6.45, 7) is 16.3. The van der Waals surface area contributed by atoms with Crippen molar-refractivity contribution in [2.75, 3.05) is 26.7 Å². The van der Waals surface area contributed by atoms with Crippen LogP contribution in [0.15, 0.2) is 4.99 Å². The van der Waals surface area contributed by atoms with Gasteiger partial charge in [-0.05, 0) is 61.8 Å². The number of hydrogen-bond donors (Lipinski definition) is 4. The quantitative estimate of drug-likeness (QED) is 0.175. The summed E-state index contributed by atoms with van der Waals surface area (Å²) in [5.74, 6) is 0.608. The number of nitrogens with zero attached hydrogens (tertiary/aromatic N) is 1. The highest BCUT2D eigenvalue weighted by Gasteiger charge is 2.24. The molecule has 0 bridgehead atoms. The van der Waals surface area contributed by atoms with Crippen LogP contribution in [0.5, 0.6) is 0 Å². The van der Waals surface area contributed by atoms with Crippen molar-refractivity contribution in [2.24, 2.45) is 4.99 Å². The van der Waals surface area contributed by atoms with Gasteiger partial charge in [-0.3, -0.25) is 4.99 Å². The molecule has 9 nitrogen and oxygen atoms in total. The highest BCUT2D eigenvalue weighted by Crippen LogP contribution is 2.09. The zero-order valence-corrected chi connectivity index (χ0v) is 21.6. The Bertz CT molecular complexity index is 540. The molecule has 4 N–H and O–H groups in total. The average Bonchev–Trinajstić information content (AvgIpc) is 2.45. The molecule has 0 atom stereocenters. The van der Waals surface area contributed by atoms with E-state index in [1.165, 1.54) is 0 Å². The molecule has 0 fully saturated rings. The van der Waals surface area contributed by atoms with Gasteiger partial charge in [0, 0.05) is 26.7 Å². The molecule has 0 aliphatic rings. The fraction of sp³-hybridized carbons (Fsp3) is 0.842. The van der Waals surface area contributed by atoms with Crippen molar-refractivity contribution in [1.82, 2.24) is 21.3 Å². The number of amides is 2. The van der Waals surface area contributed by atoms with Crippen LogP contribution in [-0.4, -0.2) is 61.6 Å². The summed E-state index contributed by atoms with van der Waals surface area (Å²) in [5.41, 5.74) is -1.58. The van der Waals surface area contributed by atoms with E-state index in [0.29, 0.717) is 32.0 Å². The van der Waals surface area contributed by atoms with E-state index in [4.69, 9.17) is 9.47 Å².